The van der Waals surface area contributed by atoms with Gasteiger partial charge >= 0.3 is 12.4 Å². The van der Waals surface area contributed by atoms with Gasteiger partial charge in [-0.15, -0.1) is 0 Å². The van der Waals surface area contributed by atoms with E-state index in [1.807, 2.05) is 13.8 Å². The summed E-state index contributed by atoms with van der Waals surface area (Å²) in [6.45, 7) is 1.53. The van der Waals surface area contributed by atoms with E-state index in [0.717, 1.165) is 5.56 Å². The third-order valence-electron chi connectivity index (χ3n) is 5.35. The van der Waals surface area contributed by atoms with Crippen molar-refractivity contribution in [2.75, 3.05) is 13.1 Å². The second-order valence-corrected chi connectivity index (χ2v) is 7.87. The van der Waals surface area contributed by atoms with Crippen LogP contribution >= 0.6 is 0 Å². The first-order chi connectivity index (χ1) is 14.7. The minimum absolute atomic E-state index is 0.0468. The fourth-order valence-corrected chi connectivity index (χ4v) is 3.66. The second-order valence-electron chi connectivity index (χ2n) is 7.87. The summed E-state index contributed by atoms with van der Waals surface area (Å²) in [7, 11) is 0. The summed E-state index contributed by atoms with van der Waals surface area (Å²) in [5.74, 6) is -0.588. The number of hydrogen-bond donors (Lipinski definition) is 0. The van der Waals surface area contributed by atoms with Gasteiger partial charge in [-0.2, -0.15) is 8.78 Å². The van der Waals surface area contributed by atoms with Gasteiger partial charge in [0.25, 0.3) is 0 Å². The van der Waals surface area contributed by atoms with Crippen LogP contribution < -0.4 is 10.5 Å². The van der Waals surface area contributed by atoms with Crippen LogP contribution in [0.5, 0.6) is 5.75 Å². The maximum atomic E-state index is 12.6. The van der Waals surface area contributed by atoms with Crippen LogP contribution in [-0.4, -0.2) is 46.0 Å². The fourth-order valence-electron chi connectivity index (χ4n) is 3.66. The van der Waals surface area contributed by atoms with Crippen molar-refractivity contribution in [3.05, 3.63) is 46.2 Å². The van der Waals surface area contributed by atoms with Crippen molar-refractivity contribution < 1.29 is 27.6 Å². The van der Waals surface area contributed by atoms with Crippen LogP contribution in [0.1, 0.15) is 44.0 Å². The molecule has 0 unspecified atom stereocenters. The number of likely N-dealkylation sites (tertiary alicyclic amines) is 1. The van der Waals surface area contributed by atoms with Gasteiger partial charge < -0.3 is 9.64 Å². The van der Waals surface area contributed by atoms with E-state index in [1.165, 1.54) is 16.7 Å². The number of ether oxygens (including phenoxy) is 1. The number of halogens is 2. The molecule has 1 aliphatic rings. The fraction of sp³-hybridized carbons (Fsp3) is 0.524. The van der Waals surface area contributed by atoms with Crippen molar-refractivity contribution in [2.24, 2.45) is 5.92 Å². The van der Waals surface area contributed by atoms with Crippen LogP contribution in [0.4, 0.5) is 8.78 Å². The Balaban J connectivity index is 1.51. The smallest absolute Gasteiger partial charge is 0.435 e. The molecule has 10 heteroatoms. The van der Waals surface area contributed by atoms with Gasteiger partial charge in [0, 0.05) is 31.3 Å². The summed E-state index contributed by atoms with van der Waals surface area (Å²) in [5, 5.41) is 3.72. The number of nitrogens with zero attached hydrogens (tertiary/aromatic N) is 3. The highest BCUT2D eigenvalue weighted by molar-refractivity contribution is 5.84. The molecule has 0 N–H and O–H groups in total. The Morgan fingerprint density at radius 2 is 1.84 bits per heavy atom. The molecule has 0 bridgehead atoms. The quantitative estimate of drug-likeness (QED) is 0.630. The SMILES string of the molecule is CC(C)c1noc(=O)n1CC(=O)N1CCC(C(=O)Cc2ccc(OC(F)F)cc2)CC1. The number of carbonyl (C=O) groups excluding carboxylic acids is 2. The maximum absolute atomic E-state index is 12.6. The zero-order valence-electron chi connectivity index (χ0n) is 17.4. The molecule has 2 aromatic rings. The number of piperidine rings is 1. The molecule has 0 saturated carbocycles. The molecular weight excluding hydrogens is 412 g/mol. The van der Waals surface area contributed by atoms with E-state index >= 15 is 0 Å². The standard InChI is InChI=1S/C21H25F2N3O5/c1-13(2)19-24-31-21(29)26(19)12-18(28)25-9-7-15(8-10-25)17(27)11-14-3-5-16(6-4-14)30-20(22)23/h3-6,13,15,20H,7-12H2,1-2H3. The number of carbonyl (C=O) groups is 2. The Morgan fingerprint density at radius 3 is 2.42 bits per heavy atom. The first-order valence-electron chi connectivity index (χ1n) is 10.1. The molecule has 1 amide bonds. The third-order valence-corrected chi connectivity index (χ3v) is 5.35. The van der Waals surface area contributed by atoms with E-state index in [1.54, 1.807) is 17.0 Å². The number of Topliss-reactive ketones (excluding diaryl/α,β-unsaturated/α-hetero) is 1. The number of rotatable bonds is 8. The summed E-state index contributed by atoms with van der Waals surface area (Å²) >= 11 is 0. The van der Waals surface area contributed by atoms with Crippen molar-refractivity contribution in [2.45, 2.75) is 52.2 Å². The number of ketones is 1. The second kappa shape index (κ2) is 9.84. The Hall–Kier alpha value is -3.04. The van der Waals surface area contributed by atoms with Gasteiger partial charge in [0.1, 0.15) is 18.1 Å². The number of aromatic nitrogens is 2. The van der Waals surface area contributed by atoms with Crippen LogP contribution in [0.3, 0.4) is 0 Å². The Morgan fingerprint density at radius 1 is 1.19 bits per heavy atom. The molecule has 1 aromatic heterocycles. The predicted molar refractivity (Wildman–Crippen MR) is 106 cm³/mol. The van der Waals surface area contributed by atoms with Gasteiger partial charge in [-0.25, -0.2) is 4.79 Å². The topological polar surface area (TPSA) is 94.6 Å². The highest BCUT2D eigenvalue weighted by Gasteiger charge is 2.28. The average Bonchev–Trinajstić information content (AvgIpc) is 3.09. The lowest BCUT2D eigenvalue weighted by molar-refractivity contribution is -0.135. The lowest BCUT2D eigenvalue weighted by Gasteiger charge is -2.31. The van der Waals surface area contributed by atoms with E-state index in [2.05, 4.69) is 14.4 Å². The minimum Gasteiger partial charge on any atom is -0.435 e. The molecule has 0 aliphatic carbocycles. The van der Waals surface area contributed by atoms with Crippen molar-refractivity contribution >= 4 is 11.7 Å². The zero-order chi connectivity index (χ0) is 22.5. The maximum Gasteiger partial charge on any atom is 0.442 e. The molecule has 168 valence electrons. The van der Waals surface area contributed by atoms with Crippen LogP contribution in [0.25, 0.3) is 0 Å². The first kappa shape index (κ1) is 22.6. The number of alkyl halides is 2. The molecule has 2 heterocycles. The molecule has 0 radical (unpaired) electrons. The number of hydrogen-bond acceptors (Lipinski definition) is 6. The molecule has 0 atom stereocenters. The zero-order valence-corrected chi connectivity index (χ0v) is 17.4. The van der Waals surface area contributed by atoms with Gasteiger partial charge in [-0.1, -0.05) is 31.1 Å². The van der Waals surface area contributed by atoms with E-state index in [4.69, 9.17) is 0 Å². The summed E-state index contributed by atoms with van der Waals surface area (Å²) in [5.41, 5.74) is 0.721. The van der Waals surface area contributed by atoms with Gasteiger partial charge in [0.15, 0.2) is 5.82 Å². The molecular formula is C21H25F2N3O5. The van der Waals surface area contributed by atoms with Gasteiger partial charge in [0.2, 0.25) is 5.91 Å². The molecule has 1 fully saturated rings. The summed E-state index contributed by atoms with van der Waals surface area (Å²) in [4.78, 5) is 38.7. The Kier molecular flexibility index (Phi) is 7.19. The molecule has 3 rings (SSSR count). The van der Waals surface area contributed by atoms with Crippen LogP contribution in [0.15, 0.2) is 33.6 Å². The summed E-state index contributed by atoms with van der Waals surface area (Å²) in [6, 6.07) is 6.01. The highest BCUT2D eigenvalue weighted by atomic mass is 19.3. The van der Waals surface area contributed by atoms with E-state index < -0.39 is 12.4 Å². The van der Waals surface area contributed by atoms with Gasteiger partial charge in [-0.3, -0.25) is 18.7 Å². The van der Waals surface area contributed by atoms with Crippen LogP contribution in [-0.2, 0) is 22.6 Å². The lowest BCUT2D eigenvalue weighted by Crippen LogP contribution is -2.43. The first-order valence-corrected chi connectivity index (χ1v) is 10.1. The van der Waals surface area contributed by atoms with Gasteiger partial charge in [0.05, 0.1) is 0 Å². The largest absolute Gasteiger partial charge is 0.442 e. The van der Waals surface area contributed by atoms with Crippen molar-refractivity contribution in [3.8, 4) is 5.75 Å². The molecule has 0 spiro atoms. The average molecular weight is 437 g/mol. The normalized spacial score (nSPS) is 15.0. The Labute approximate surface area is 177 Å². The number of benzene rings is 1. The molecule has 8 nitrogen and oxygen atoms in total. The predicted octanol–water partition coefficient (Wildman–Crippen LogP) is 2.61. The molecule has 1 aromatic carbocycles. The van der Waals surface area contributed by atoms with Crippen LogP contribution in [0, 0.1) is 5.92 Å². The monoisotopic (exact) mass is 437 g/mol. The minimum atomic E-state index is -2.89. The summed E-state index contributed by atoms with van der Waals surface area (Å²) < 4.78 is 34.6. The van der Waals surface area contributed by atoms with Gasteiger partial charge in [-0.05, 0) is 30.5 Å². The molecule has 1 saturated heterocycles. The van der Waals surface area contributed by atoms with E-state index in [0.29, 0.717) is 31.8 Å². The Bertz CT molecular complexity index is 960. The van der Waals surface area contributed by atoms with Crippen molar-refractivity contribution in [1.82, 2.24) is 14.6 Å². The third kappa shape index (κ3) is 5.77. The van der Waals surface area contributed by atoms with Crippen LogP contribution in [0.2, 0.25) is 0 Å². The molecule has 31 heavy (non-hydrogen) atoms. The molecule has 1 aliphatic heterocycles. The van der Waals surface area contributed by atoms with E-state index in [9.17, 15) is 23.2 Å². The summed E-state index contributed by atoms with van der Waals surface area (Å²) in [6.07, 6.45) is 1.26. The highest BCUT2D eigenvalue weighted by Crippen LogP contribution is 2.22. The van der Waals surface area contributed by atoms with Crippen molar-refractivity contribution in [3.63, 3.8) is 0 Å². The van der Waals surface area contributed by atoms with E-state index in [-0.39, 0.29) is 42.2 Å². The lowest BCUT2D eigenvalue weighted by atomic mass is 9.89. The number of amides is 1. The van der Waals surface area contributed by atoms with Crippen molar-refractivity contribution in [1.29, 1.82) is 0 Å².